The largest absolute Gasteiger partial charge is 0.349 e. The Balaban J connectivity index is 1.84. The Morgan fingerprint density at radius 3 is 2.56 bits per heavy atom. The topological polar surface area (TPSA) is 72.7 Å². The van der Waals surface area contributed by atoms with Gasteiger partial charge in [0.05, 0.1) is 6.04 Å². The molecule has 0 saturated carbocycles. The van der Waals surface area contributed by atoms with Crippen LogP contribution in [0.25, 0.3) is 0 Å². The second-order valence-corrected chi connectivity index (χ2v) is 11.5. The zero-order valence-electron chi connectivity index (χ0n) is 28.1. The van der Waals surface area contributed by atoms with Gasteiger partial charge in [0.2, 0.25) is 5.91 Å². The van der Waals surface area contributed by atoms with Gasteiger partial charge in [0.1, 0.15) is 12.5 Å². The first-order chi connectivity index (χ1) is 21.9. The van der Waals surface area contributed by atoms with Crippen LogP contribution in [0.5, 0.6) is 0 Å². The first kappa shape index (κ1) is 37.1. The number of amides is 1. The second-order valence-electron chi connectivity index (χ2n) is 11.5. The maximum absolute atomic E-state index is 12.8. The van der Waals surface area contributed by atoms with Crippen LogP contribution in [0.3, 0.4) is 0 Å². The predicted molar refractivity (Wildman–Crippen MR) is 194 cm³/mol. The summed E-state index contributed by atoms with van der Waals surface area (Å²) in [5, 5.41) is 9.06. The third kappa shape index (κ3) is 16.0. The summed E-state index contributed by atoms with van der Waals surface area (Å²) in [5.74, 6) is 1.22. The number of rotatable bonds is 20. The summed E-state index contributed by atoms with van der Waals surface area (Å²) < 4.78 is 0. The van der Waals surface area contributed by atoms with Crippen LogP contribution in [0.15, 0.2) is 112 Å². The van der Waals surface area contributed by atoms with Crippen LogP contribution < -0.4 is 5.32 Å². The lowest BCUT2D eigenvalue weighted by molar-refractivity contribution is -0.125. The molecule has 0 fully saturated rings. The van der Waals surface area contributed by atoms with Crippen molar-refractivity contribution >= 4 is 25.1 Å². The first-order valence-corrected chi connectivity index (χ1v) is 16.2. The number of carbonyl (C=O) groups excluding carboxylic acids is 1. The van der Waals surface area contributed by atoms with Crippen LogP contribution in [0.2, 0.25) is 0 Å². The van der Waals surface area contributed by atoms with E-state index >= 15 is 0 Å². The van der Waals surface area contributed by atoms with Crippen LogP contribution in [0, 0.1) is 11.8 Å². The molecular weight excluding hydrogens is 556 g/mol. The Morgan fingerprint density at radius 2 is 1.89 bits per heavy atom. The van der Waals surface area contributed by atoms with Gasteiger partial charge in [-0.25, -0.2) is 10.0 Å². The highest BCUT2D eigenvalue weighted by Gasteiger charge is 2.19. The Kier molecular flexibility index (Phi) is 18.5. The fourth-order valence-corrected chi connectivity index (χ4v) is 4.64. The normalized spacial score (nSPS) is 16.4. The standard InChI is InChI=1S/C38H54N6O/c1-7-9-10-11-12-13-14-18-26-41-37(28-32(3)4)44(39-5)31-40-29-33-21-23-34(24-22-33)30-43(6)27-25-35(8-2)38(45)42-36-19-16-15-17-20-36/h7,9-11,13-17,19,21-24,26,28-29,32,35-36H,5,8,12,18,20,25,27,30-31H2,1-4,6H3,(H,42,45)/b9-7-,11-10-,14-13+,37-28-,40-29+,41-26-. The number of nitrogens with zero attached hydrogens (tertiary/aromatic N) is 5. The van der Waals surface area contributed by atoms with Crippen molar-refractivity contribution in [2.24, 2.45) is 26.9 Å². The molecule has 1 aromatic rings. The van der Waals surface area contributed by atoms with Crippen LogP contribution in [-0.4, -0.2) is 61.3 Å². The van der Waals surface area contributed by atoms with Crippen molar-refractivity contribution in [1.82, 2.24) is 15.2 Å². The number of hydrogen-bond donors (Lipinski definition) is 1. The highest BCUT2D eigenvalue weighted by atomic mass is 16.1. The van der Waals surface area contributed by atoms with E-state index in [1.165, 1.54) is 5.56 Å². The van der Waals surface area contributed by atoms with Gasteiger partial charge < -0.3 is 10.2 Å². The lowest BCUT2D eigenvalue weighted by Crippen LogP contribution is -2.39. The van der Waals surface area contributed by atoms with E-state index in [0.717, 1.165) is 56.6 Å². The fraction of sp³-hybridized carbons (Fsp3) is 0.421. The van der Waals surface area contributed by atoms with Gasteiger partial charge in [-0.05, 0) is 69.3 Å². The van der Waals surface area contributed by atoms with Crippen molar-refractivity contribution in [3.8, 4) is 0 Å². The van der Waals surface area contributed by atoms with Gasteiger partial charge in [0.15, 0.2) is 0 Å². The molecule has 1 aliphatic carbocycles. The average Bonchev–Trinajstić information content (AvgIpc) is 3.03. The molecule has 7 nitrogen and oxygen atoms in total. The van der Waals surface area contributed by atoms with Gasteiger partial charge in [-0.2, -0.15) is 5.10 Å². The minimum absolute atomic E-state index is 0.0224. The fourth-order valence-electron chi connectivity index (χ4n) is 4.64. The van der Waals surface area contributed by atoms with E-state index in [4.69, 9.17) is 0 Å². The number of carbonyl (C=O) groups is 1. The third-order valence-corrected chi connectivity index (χ3v) is 7.18. The van der Waals surface area contributed by atoms with Gasteiger partial charge in [0.25, 0.3) is 0 Å². The third-order valence-electron chi connectivity index (χ3n) is 7.18. The summed E-state index contributed by atoms with van der Waals surface area (Å²) in [6.07, 6.45) is 30.6. The number of hydrazone groups is 1. The van der Waals surface area contributed by atoms with E-state index in [0.29, 0.717) is 12.6 Å². The molecule has 0 bridgehead atoms. The number of nitrogens with one attached hydrogen (secondary N) is 1. The molecule has 1 aliphatic rings. The van der Waals surface area contributed by atoms with Crippen molar-refractivity contribution in [3.05, 3.63) is 108 Å². The van der Waals surface area contributed by atoms with Gasteiger partial charge in [-0.3, -0.25) is 9.79 Å². The first-order valence-electron chi connectivity index (χ1n) is 16.2. The molecule has 2 unspecified atom stereocenters. The molecular formula is C38H54N6O. The molecule has 0 heterocycles. The van der Waals surface area contributed by atoms with Crippen molar-refractivity contribution in [1.29, 1.82) is 0 Å². The number of aliphatic imine (C=N–C) groups is 2. The van der Waals surface area contributed by atoms with Crippen LogP contribution in [0.4, 0.5) is 0 Å². The summed E-state index contributed by atoms with van der Waals surface area (Å²) in [7, 11) is 2.11. The molecule has 0 aliphatic heterocycles. The molecule has 0 aromatic heterocycles. The molecule has 242 valence electrons. The molecule has 1 amide bonds. The zero-order chi connectivity index (χ0) is 32.7. The van der Waals surface area contributed by atoms with Crippen molar-refractivity contribution in [2.75, 3.05) is 20.3 Å². The zero-order valence-corrected chi connectivity index (χ0v) is 28.1. The summed E-state index contributed by atoms with van der Waals surface area (Å²) in [6, 6.07) is 8.53. The molecule has 45 heavy (non-hydrogen) atoms. The Bertz CT molecular complexity index is 1250. The summed E-state index contributed by atoms with van der Waals surface area (Å²) in [5.41, 5.74) is 2.24. The van der Waals surface area contributed by atoms with Gasteiger partial charge in [0, 0.05) is 38.0 Å². The van der Waals surface area contributed by atoms with Crippen molar-refractivity contribution in [2.45, 2.75) is 72.4 Å². The highest BCUT2D eigenvalue weighted by molar-refractivity contribution is 5.80. The molecule has 2 atom stereocenters. The van der Waals surface area contributed by atoms with E-state index in [1.54, 1.807) is 5.01 Å². The van der Waals surface area contributed by atoms with E-state index in [-0.39, 0.29) is 17.9 Å². The van der Waals surface area contributed by atoms with E-state index in [2.05, 4.69) is 121 Å². The van der Waals surface area contributed by atoms with Crippen LogP contribution >= 0.6 is 0 Å². The number of benzene rings is 1. The molecule has 0 saturated heterocycles. The molecule has 7 heteroatoms. The van der Waals surface area contributed by atoms with Crippen molar-refractivity contribution < 1.29 is 4.79 Å². The Labute approximate surface area is 272 Å². The minimum Gasteiger partial charge on any atom is -0.349 e. The summed E-state index contributed by atoms with van der Waals surface area (Å²) in [4.78, 5) is 24.3. The van der Waals surface area contributed by atoms with E-state index in [9.17, 15) is 4.79 Å². The molecule has 0 radical (unpaired) electrons. The summed E-state index contributed by atoms with van der Waals surface area (Å²) in [6.45, 7) is 14.1. The van der Waals surface area contributed by atoms with Crippen LogP contribution in [-0.2, 0) is 11.3 Å². The number of hydrogen-bond acceptors (Lipinski definition) is 6. The smallest absolute Gasteiger partial charge is 0.223 e. The monoisotopic (exact) mass is 610 g/mol. The predicted octanol–water partition coefficient (Wildman–Crippen LogP) is 7.87. The highest BCUT2D eigenvalue weighted by Crippen LogP contribution is 2.14. The SMILES string of the molecule is C=NN(C/N=C/c1ccc(CN(C)CCC(CC)C(=O)NC2C=CC=CC2)cc1)C(=C\C(C)C)/N=C\C/C=C/C/C=C\C=C/C. The lowest BCUT2D eigenvalue weighted by Gasteiger charge is -2.23. The molecule has 0 spiro atoms. The number of allylic oxidation sites excluding steroid dienone is 9. The summed E-state index contributed by atoms with van der Waals surface area (Å²) >= 11 is 0. The maximum atomic E-state index is 12.8. The van der Waals surface area contributed by atoms with Gasteiger partial charge >= 0.3 is 0 Å². The van der Waals surface area contributed by atoms with Crippen molar-refractivity contribution in [3.63, 3.8) is 0 Å². The van der Waals surface area contributed by atoms with E-state index in [1.807, 2.05) is 49.7 Å². The maximum Gasteiger partial charge on any atom is 0.223 e. The molecule has 1 N–H and O–H groups in total. The Hall–Kier alpha value is -4.10. The lowest BCUT2D eigenvalue weighted by atomic mass is 9.99. The average molecular weight is 611 g/mol. The molecule has 2 rings (SSSR count). The van der Waals surface area contributed by atoms with Gasteiger partial charge in [-0.1, -0.05) is 106 Å². The van der Waals surface area contributed by atoms with E-state index < -0.39 is 0 Å². The minimum atomic E-state index is 0.0224. The Morgan fingerprint density at radius 1 is 1.11 bits per heavy atom. The van der Waals surface area contributed by atoms with Crippen LogP contribution in [0.1, 0.15) is 70.9 Å². The second kappa shape index (κ2) is 22.4. The molecule has 1 aromatic carbocycles. The van der Waals surface area contributed by atoms with Gasteiger partial charge in [-0.15, -0.1) is 0 Å². The quantitative estimate of drug-likeness (QED) is 0.0707.